The Balaban J connectivity index is 1.47. The molecule has 1 unspecified atom stereocenters. The second kappa shape index (κ2) is 11.4. The summed E-state index contributed by atoms with van der Waals surface area (Å²) >= 11 is 6.44. The van der Waals surface area contributed by atoms with E-state index in [1.54, 1.807) is 31.1 Å². The highest BCUT2D eigenvalue weighted by atomic mass is 35.5. The zero-order valence-electron chi connectivity index (χ0n) is 23.0. The smallest absolute Gasteiger partial charge is 0.276 e. The van der Waals surface area contributed by atoms with Gasteiger partial charge in [0, 0.05) is 13.1 Å². The second-order valence-corrected chi connectivity index (χ2v) is 10.5. The van der Waals surface area contributed by atoms with Crippen molar-refractivity contribution in [1.82, 2.24) is 20.4 Å². The number of ether oxygens (including phenoxy) is 3. The van der Waals surface area contributed by atoms with Crippen molar-refractivity contribution < 1.29 is 28.2 Å². The van der Waals surface area contributed by atoms with Gasteiger partial charge in [0.25, 0.3) is 11.8 Å². The predicted molar refractivity (Wildman–Crippen MR) is 153 cm³/mol. The van der Waals surface area contributed by atoms with E-state index in [-0.39, 0.29) is 30.3 Å². The van der Waals surface area contributed by atoms with Gasteiger partial charge in [0.05, 0.1) is 36.0 Å². The number of carbonyl (C=O) groups excluding carboxylic acids is 2. The van der Waals surface area contributed by atoms with E-state index < -0.39 is 17.8 Å². The lowest BCUT2D eigenvalue weighted by atomic mass is 9.87. The fourth-order valence-corrected chi connectivity index (χ4v) is 5.51. The Bertz CT molecular complexity index is 1690. The first kappa shape index (κ1) is 27.6. The predicted octanol–water partition coefficient (Wildman–Crippen LogP) is 5.61. The van der Waals surface area contributed by atoms with Crippen molar-refractivity contribution in [2.24, 2.45) is 0 Å². The summed E-state index contributed by atoms with van der Waals surface area (Å²) in [4.78, 5) is 28.3. The minimum absolute atomic E-state index is 0.108. The standard InChI is InChI=1S/C31H28ClFN4O5/c1-17-27(32)28(36-35-17)31(39)37-12-10-18-14-20-5-7-22(18)29(37)19-4-9-25(40-2)26(15-19)41-13-3-11-34-30(38)23-16-21(42-20)6-8-24(23)33/h4-9,14-16,29H,3,10-13H2,1-2H3,(H,34,38)(H,35,36). The highest BCUT2D eigenvalue weighted by molar-refractivity contribution is 6.34. The molecule has 0 spiro atoms. The third-order valence-electron chi connectivity index (χ3n) is 7.46. The van der Waals surface area contributed by atoms with Crippen LogP contribution in [0.25, 0.3) is 0 Å². The number of nitrogens with zero attached hydrogens (tertiary/aromatic N) is 2. The lowest BCUT2D eigenvalue weighted by Gasteiger charge is -2.38. The molecule has 9 nitrogen and oxygen atoms in total. The Morgan fingerprint density at radius 1 is 1.14 bits per heavy atom. The monoisotopic (exact) mass is 590 g/mol. The van der Waals surface area contributed by atoms with Crippen LogP contribution in [0.15, 0.2) is 54.6 Å². The molecule has 0 fully saturated rings. The van der Waals surface area contributed by atoms with Crippen LogP contribution < -0.4 is 19.5 Å². The molecule has 1 atom stereocenters. The number of nitrogens with one attached hydrogen (secondary N) is 2. The summed E-state index contributed by atoms with van der Waals surface area (Å²) in [6.45, 7) is 2.69. The summed E-state index contributed by atoms with van der Waals surface area (Å²) in [5.41, 5.74) is 3.37. The number of hydrogen-bond donors (Lipinski definition) is 2. The molecule has 42 heavy (non-hydrogen) atoms. The van der Waals surface area contributed by atoms with Gasteiger partial charge in [-0.2, -0.15) is 5.10 Å². The summed E-state index contributed by atoms with van der Waals surface area (Å²) < 4.78 is 32.2. The summed E-state index contributed by atoms with van der Waals surface area (Å²) in [5, 5.41) is 10.0. The highest BCUT2D eigenvalue weighted by Gasteiger charge is 2.35. The van der Waals surface area contributed by atoms with Crippen LogP contribution in [0.3, 0.4) is 0 Å². The zero-order valence-corrected chi connectivity index (χ0v) is 23.8. The topological polar surface area (TPSA) is 106 Å². The largest absolute Gasteiger partial charge is 0.493 e. The Kier molecular flexibility index (Phi) is 7.47. The maximum Gasteiger partial charge on any atom is 0.276 e. The fraction of sp³-hybridized carbons (Fsp3) is 0.258. The van der Waals surface area contributed by atoms with Gasteiger partial charge in [-0.25, -0.2) is 4.39 Å². The molecule has 8 bridgehead atoms. The van der Waals surface area contributed by atoms with Crippen LogP contribution in [0.5, 0.6) is 23.0 Å². The molecule has 0 aliphatic carbocycles. The van der Waals surface area contributed by atoms with E-state index in [2.05, 4.69) is 15.5 Å². The number of aromatic nitrogens is 2. The molecule has 0 radical (unpaired) electrons. The Morgan fingerprint density at radius 3 is 2.74 bits per heavy atom. The number of carbonyl (C=O) groups is 2. The van der Waals surface area contributed by atoms with Gasteiger partial charge in [-0.3, -0.25) is 14.7 Å². The van der Waals surface area contributed by atoms with E-state index in [1.165, 1.54) is 18.2 Å². The summed E-state index contributed by atoms with van der Waals surface area (Å²) in [6, 6.07) is 14.8. The third kappa shape index (κ3) is 5.14. The average Bonchev–Trinajstić information content (AvgIpc) is 3.33. The van der Waals surface area contributed by atoms with Crippen molar-refractivity contribution in [2.45, 2.75) is 25.8 Å². The van der Waals surface area contributed by atoms with Gasteiger partial charge in [0.1, 0.15) is 17.3 Å². The number of benzene rings is 3. The van der Waals surface area contributed by atoms with Crippen molar-refractivity contribution >= 4 is 23.4 Å². The van der Waals surface area contributed by atoms with Crippen molar-refractivity contribution in [2.75, 3.05) is 26.8 Å². The van der Waals surface area contributed by atoms with Crippen molar-refractivity contribution in [1.29, 1.82) is 0 Å². The lowest BCUT2D eigenvalue weighted by molar-refractivity contribution is 0.0688. The van der Waals surface area contributed by atoms with E-state index >= 15 is 0 Å². The van der Waals surface area contributed by atoms with E-state index in [4.69, 9.17) is 25.8 Å². The Labute approximate surface area is 246 Å². The van der Waals surface area contributed by atoms with Crippen molar-refractivity contribution in [3.63, 3.8) is 0 Å². The molecular formula is C31H28ClFN4O5. The van der Waals surface area contributed by atoms with Crippen LogP contribution in [-0.4, -0.2) is 53.7 Å². The maximum absolute atomic E-state index is 14.5. The van der Waals surface area contributed by atoms with Crippen LogP contribution >= 0.6 is 11.6 Å². The average molecular weight is 591 g/mol. The first-order chi connectivity index (χ1) is 20.3. The number of amides is 2. The van der Waals surface area contributed by atoms with E-state index in [0.717, 1.165) is 16.7 Å². The highest BCUT2D eigenvalue weighted by Crippen LogP contribution is 2.41. The molecule has 11 heteroatoms. The molecule has 0 saturated heterocycles. The fourth-order valence-electron chi connectivity index (χ4n) is 5.34. The third-order valence-corrected chi connectivity index (χ3v) is 7.93. The summed E-state index contributed by atoms with van der Waals surface area (Å²) in [5.74, 6) is 0.403. The number of rotatable bonds is 2. The molecule has 1 aromatic heterocycles. The molecule has 2 amide bonds. The first-order valence-corrected chi connectivity index (χ1v) is 13.9. The molecule has 4 heterocycles. The molecule has 0 saturated carbocycles. The van der Waals surface area contributed by atoms with E-state index in [9.17, 15) is 14.0 Å². The second-order valence-electron chi connectivity index (χ2n) is 10.1. The quantitative estimate of drug-likeness (QED) is 0.314. The van der Waals surface area contributed by atoms with Crippen LogP contribution in [0.4, 0.5) is 4.39 Å². The molecule has 3 aromatic carbocycles. The number of hydrogen-bond acceptors (Lipinski definition) is 6. The number of H-pyrrole nitrogens is 1. The van der Waals surface area contributed by atoms with E-state index in [0.29, 0.717) is 53.1 Å². The van der Waals surface area contributed by atoms with Gasteiger partial charge in [-0.1, -0.05) is 23.7 Å². The van der Waals surface area contributed by atoms with E-state index in [1.807, 2.05) is 24.3 Å². The van der Waals surface area contributed by atoms with Crippen molar-refractivity contribution in [3.8, 4) is 23.0 Å². The summed E-state index contributed by atoms with van der Waals surface area (Å²) in [7, 11) is 1.55. The van der Waals surface area contributed by atoms with Crippen molar-refractivity contribution in [3.05, 3.63) is 99.1 Å². The van der Waals surface area contributed by atoms with Gasteiger partial charge in [-0.05, 0) is 78.9 Å². The summed E-state index contributed by atoms with van der Waals surface area (Å²) in [6.07, 6.45) is 1.01. The molecule has 3 aliphatic rings. The zero-order chi connectivity index (χ0) is 29.4. The molecule has 2 N–H and O–H groups in total. The van der Waals surface area contributed by atoms with Crippen LogP contribution in [0, 0.1) is 12.7 Å². The number of halogens is 2. The van der Waals surface area contributed by atoms with Gasteiger partial charge < -0.3 is 24.4 Å². The first-order valence-electron chi connectivity index (χ1n) is 13.5. The molecule has 4 aromatic rings. The van der Waals surface area contributed by atoms with Gasteiger partial charge in [-0.15, -0.1) is 0 Å². The molecule has 3 aliphatic heterocycles. The SMILES string of the molecule is COc1ccc2cc1OCCCNC(=O)c1cc(ccc1F)Oc1ccc3c(c1)CCN(C(=O)c1n[nH]c(C)c1Cl)C23. The number of methoxy groups -OCH3 is 1. The van der Waals surface area contributed by atoms with Gasteiger partial charge >= 0.3 is 0 Å². The van der Waals surface area contributed by atoms with Gasteiger partial charge in [0.15, 0.2) is 17.2 Å². The maximum atomic E-state index is 14.5. The Hall–Kier alpha value is -4.57. The number of fused-ring (bicyclic) bond motifs is 6. The van der Waals surface area contributed by atoms with Gasteiger partial charge in [0.2, 0.25) is 0 Å². The van der Waals surface area contributed by atoms with Crippen LogP contribution in [0.1, 0.15) is 55.7 Å². The normalized spacial score (nSPS) is 16.5. The molecular weight excluding hydrogens is 563 g/mol. The number of aromatic amines is 1. The minimum Gasteiger partial charge on any atom is -0.493 e. The van der Waals surface area contributed by atoms with Crippen LogP contribution in [0.2, 0.25) is 5.02 Å². The van der Waals surface area contributed by atoms with Crippen LogP contribution in [-0.2, 0) is 6.42 Å². The number of aryl methyl sites for hydroxylation is 1. The molecule has 216 valence electrons. The lowest BCUT2D eigenvalue weighted by Crippen LogP contribution is -2.41. The minimum atomic E-state index is -0.641. The Morgan fingerprint density at radius 2 is 1.95 bits per heavy atom. The molecule has 7 rings (SSSR count).